The van der Waals surface area contributed by atoms with E-state index in [0.29, 0.717) is 19.2 Å². The van der Waals surface area contributed by atoms with Gasteiger partial charge in [0.05, 0.1) is 23.8 Å². The summed E-state index contributed by atoms with van der Waals surface area (Å²) in [5.41, 5.74) is 0.796. The summed E-state index contributed by atoms with van der Waals surface area (Å²) in [7, 11) is 0. The number of non-ortho nitro benzene ring substituents is 1. The maximum Gasteiger partial charge on any atom is 0.269 e. The fourth-order valence-electron chi connectivity index (χ4n) is 2.01. The lowest BCUT2D eigenvalue weighted by atomic mass is 10.3. The summed E-state index contributed by atoms with van der Waals surface area (Å²) >= 11 is 0. The van der Waals surface area contributed by atoms with Crippen LogP contribution in [0.4, 0.5) is 11.6 Å². The van der Waals surface area contributed by atoms with Crippen molar-refractivity contribution in [1.29, 1.82) is 0 Å². The van der Waals surface area contributed by atoms with Gasteiger partial charge in [0.1, 0.15) is 6.33 Å². The molecule has 0 aliphatic carbocycles. The summed E-state index contributed by atoms with van der Waals surface area (Å²) < 4.78 is 6.89. The highest BCUT2D eigenvalue weighted by molar-refractivity contribution is 5.41. The zero-order valence-electron chi connectivity index (χ0n) is 10.7. The van der Waals surface area contributed by atoms with E-state index in [1.165, 1.54) is 12.1 Å². The molecule has 1 aromatic carbocycles. The summed E-state index contributed by atoms with van der Waals surface area (Å²) in [4.78, 5) is 16.5. The van der Waals surface area contributed by atoms with Gasteiger partial charge in [0.15, 0.2) is 0 Å². The van der Waals surface area contributed by atoms with Crippen LogP contribution in [-0.4, -0.2) is 46.0 Å². The van der Waals surface area contributed by atoms with E-state index in [9.17, 15) is 10.1 Å². The van der Waals surface area contributed by atoms with Crippen molar-refractivity contribution in [2.24, 2.45) is 0 Å². The van der Waals surface area contributed by atoms with Gasteiger partial charge in [-0.05, 0) is 12.1 Å². The van der Waals surface area contributed by atoms with Crippen LogP contribution in [0.1, 0.15) is 0 Å². The van der Waals surface area contributed by atoms with E-state index in [1.807, 2.05) is 4.90 Å². The number of rotatable bonds is 3. The van der Waals surface area contributed by atoms with Crippen molar-refractivity contribution in [2.45, 2.75) is 0 Å². The minimum Gasteiger partial charge on any atom is -0.378 e. The Hall–Kier alpha value is -2.48. The number of nitro benzene ring substituents is 1. The molecule has 20 heavy (non-hydrogen) atoms. The normalized spacial score (nSPS) is 15.3. The highest BCUT2D eigenvalue weighted by atomic mass is 16.6. The molecule has 1 fully saturated rings. The Morgan fingerprint density at radius 3 is 2.55 bits per heavy atom. The van der Waals surface area contributed by atoms with Crippen LogP contribution in [-0.2, 0) is 4.74 Å². The van der Waals surface area contributed by atoms with Gasteiger partial charge in [-0.2, -0.15) is 4.98 Å². The third-order valence-electron chi connectivity index (χ3n) is 3.10. The van der Waals surface area contributed by atoms with Crippen LogP contribution >= 0.6 is 0 Å². The summed E-state index contributed by atoms with van der Waals surface area (Å²) in [5, 5.41) is 15.0. The fraction of sp³-hybridized carbons (Fsp3) is 0.333. The van der Waals surface area contributed by atoms with Gasteiger partial charge in [0.25, 0.3) is 5.69 Å². The second kappa shape index (κ2) is 5.25. The molecule has 0 spiro atoms. The Bertz CT molecular complexity index is 604. The number of nitro groups is 1. The SMILES string of the molecule is O=[N+]([O-])c1ccc(-n2cnc(N3CCOCC3)n2)cc1. The quantitative estimate of drug-likeness (QED) is 0.614. The number of ether oxygens (including phenoxy) is 1. The number of hydrogen-bond acceptors (Lipinski definition) is 6. The van der Waals surface area contributed by atoms with Crippen molar-refractivity contribution < 1.29 is 9.66 Å². The first-order valence-electron chi connectivity index (χ1n) is 6.23. The second-order valence-electron chi connectivity index (χ2n) is 4.36. The van der Waals surface area contributed by atoms with Gasteiger partial charge in [0.2, 0.25) is 5.95 Å². The summed E-state index contributed by atoms with van der Waals surface area (Å²) in [6.45, 7) is 2.88. The van der Waals surface area contributed by atoms with E-state index in [4.69, 9.17) is 4.74 Å². The first-order valence-corrected chi connectivity index (χ1v) is 6.23. The molecule has 2 heterocycles. The molecule has 1 aliphatic rings. The zero-order valence-corrected chi connectivity index (χ0v) is 10.7. The third-order valence-corrected chi connectivity index (χ3v) is 3.10. The molecule has 8 heteroatoms. The smallest absolute Gasteiger partial charge is 0.269 e. The second-order valence-corrected chi connectivity index (χ2v) is 4.36. The lowest BCUT2D eigenvalue weighted by molar-refractivity contribution is -0.384. The van der Waals surface area contributed by atoms with E-state index >= 15 is 0 Å². The van der Waals surface area contributed by atoms with E-state index < -0.39 is 4.92 Å². The predicted molar refractivity (Wildman–Crippen MR) is 71.0 cm³/mol. The van der Waals surface area contributed by atoms with Gasteiger partial charge in [-0.3, -0.25) is 10.1 Å². The van der Waals surface area contributed by atoms with E-state index in [-0.39, 0.29) is 5.69 Å². The van der Waals surface area contributed by atoms with Crippen molar-refractivity contribution in [3.63, 3.8) is 0 Å². The van der Waals surface area contributed by atoms with E-state index in [2.05, 4.69) is 10.1 Å². The molecule has 1 aromatic heterocycles. The van der Waals surface area contributed by atoms with Crippen LogP contribution in [0.15, 0.2) is 30.6 Å². The van der Waals surface area contributed by atoms with Crippen molar-refractivity contribution in [3.05, 3.63) is 40.7 Å². The molecule has 2 aromatic rings. The zero-order chi connectivity index (χ0) is 13.9. The first-order chi connectivity index (χ1) is 9.74. The van der Waals surface area contributed by atoms with Crippen LogP contribution in [0.5, 0.6) is 0 Å². The molecule has 8 nitrogen and oxygen atoms in total. The topological polar surface area (TPSA) is 86.3 Å². The molecule has 0 saturated carbocycles. The van der Waals surface area contributed by atoms with Gasteiger partial charge < -0.3 is 9.64 Å². The molecule has 0 amide bonds. The predicted octanol–water partition coefficient (Wildman–Crippen LogP) is 1.01. The van der Waals surface area contributed by atoms with Crippen molar-refractivity contribution >= 4 is 11.6 Å². The number of anilines is 1. The average Bonchev–Trinajstić information content (AvgIpc) is 2.98. The third kappa shape index (κ3) is 2.45. The Morgan fingerprint density at radius 1 is 1.20 bits per heavy atom. The maximum atomic E-state index is 10.6. The molecule has 1 saturated heterocycles. The monoisotopic (exact) mass is 275 g/mol. The van der Waals surface area contributed by atoms with E-state index in [0.717, 1.165) is 18.8 Å². The first kappa shape index (κ1) is 12.5. The Kier molecular flexibility index (Phi) is 3.30. The average molecular weight is 275 g/mol. The number of nitrogens with zero attached hydrogens (tertiary/aromatic N) is 5. The standard InChI is InChI=1S/C12H13N5O3/c18-17(19)11-3-1-10(2-4-11)16-9-13-12(14-16)15-5-7-20-8-6-15/h1-4,9H,5-8H2. The molecule has 3 rings (SSSR count). The molecule has 0 unspecified atom stereocenters. The van der Waals surface area contributed by atoms with Crippen LogP contribution < -0.4 is 4.90 Å². The number of hydrogen-bond donors (Lipinski definition) is 0. The highest BCUT2D eigenvalue weighted by Crippen LogP contribution is 2.16. The molecular formula is C12H13N5O3. The molecule has 0 bridgehead atoms. The highest BCUT2D eigenvalue weighted by Gasteiger charge is 2.15. The minimum atomic E-state index is -0.426. The maximum absolute atomic E-state index is 10.6. The Morgan fingerprint density at radius 2 is 1.90 bits per heavy atom. The lowest BCUT2D eigenvalue weighted by Gasteiger charge is -2.25. The van der Waals surface area contributed by atoms with Crippen LogP contribution in [0.3, 0.4) is 0 Å². The van der Waals surface area contributed by atoms with Crippen LogP contribution in [0, 0.1) is 10.1 Å². The summed E-state index contributed by atoms with van der Waals surface area (Å²) in [6.07, 6.45) is 1.60. The van der Waals surface area contributed by atoms with Crippen molar-refractivity contribution in [1.82, 2.24) is 14.8 Å². The Labute approximate surface area is 114 Å². The van der Waals surface area contributed by atoms with Gasteiger partial charge in [-0.15, -0.1) is 5.10 Å². The molecule has 1 aliphatic heterocycles. The van der Waals surface area contributed by atoms with Gasteiger partial charge in [-0.1, -0.05) is 0 Å². The summed E-state index contributed by atoms with van der Waals surface area (Å²) in [6, 6.07) is 6.20. The van der Waals surface area contributed by atoms with Crippen LogP contribution in [0.25, 0.3) is 5.69 Å². The van der Waals surface area contributed by atoms with Crippen molar-refractivity contribution in [3.8, 4) is 5.69 Å². The largest absolute Gasteiger partial charge is 0.378 e. The number of aromatic nitrogens is 3. The minimum absolute atomic E-state index is 0.0577. The van der Waals surface area contributed by atoms with Gasteiger partial charge >= 0.3 is 0 Å². The van der Waals surface area contributed by atoms with Crippen molar-refractivity contribution in [2.75, 3.05) is 31.2 Å². The lowest BCUT2D eigenvalue weighted by Crippen LogP contribution is -2.37. The number of benzene rings is 1. The molecule has 104 valence electrons. The molecule has 0 radical (unpaired) electrons. The van der Waals surface area contributed by atoms with E-state index in [1.54, 1.807) is 23.1 Å². The van der Waals surface area contributed by atoms with Gasteiger partial charge in [-0.25, -0.2) is 4.68 Å². The molecular weight excluding hydrogens is 262 g/mol. The van der Waals surface area contributed by atoms with Gasteiger partial charge in [0, 0.05) is 25.2 Å². The Balaban J connectivity index is 1.80. The summed E-state index contributed by atoms with van der Waals surface area (Å²) in [5.74, 6) is 0.645. The fourth-order valence-corrected chi connectivity index (χ4v) is 2.01. The number of morpholine rings is 1. The van der Waals surface area contributed by atoms with Crippen LogP contribution in [0.2, 0.25) is 0 Å². The molecule has 0 N–H and O–H groups in total. The molecule has 0 atom stereocenters.